The summed E-state index contributed by atoms with van der Waals surface area (Å²) in [6.45, 7) is -0.208. The van der Waals surface area contributed by atoms with Crippen LogP contribution in [-0.2, 0) is 4.74 Å². The second kappa shape index (κ2) is 3.46. The van der Waals surface area contributed by atoms with Crippen molar-refractivity contribution in [3.63, 3.8) is 0 Å². The first-order valence-electron chi connectivity index (χ1n) is 3.53. The molecule has 0 radical (unpaired) electrons. The van der Waals surface area contributed by atoms with Crippen LogP contribution in [0, 0.1) is 0 Å². The SMILES string of the molecule is N[C@H]1[C@H](O)C[C@@H](CO)O[C@@H]1O. The van der Waals surface area contributed by atoms with Crippen molar-refractivity contribution < 1.29 is 20.1 Å². The lowest BCUT2D eigenvalue weighted by molar-refractivity contribution is -0.207. The van der Waals surface area contributed by atoms with E-state index >= 15 is 0 Å². The predicted molar refractivity (Wildman–Crippen MR) is 36.6 cm³/mol. The van der Waals surface area contributed by atoms with E-state index in [4.69, 9.17) is 20.7 Å². The number of hydrogen-bond donors (Lipinski definition) is 4. The van der Waals surface area contributed by atoms with Gasteiger partial charge in [-0.25, -0.2) is 0 Å². The van der Waals surface area contributed by atoms with Gasteiger partial charge in [0.25, 0.3) is 0 Å². The van der Waals surface area contributed by atoms with Crippen LogP contribution in [0.15, 0.2) is 0 Å². The van der Waals surface area contributed by atoms with E-state index < -0.39 is 24.5 Å². The van der Waals surface area contributed by atoms with Crippen molar-refractivity contribution in [2.45, 2.75) is 31.0 Å². The number of aliphatic hydroxyl groups is 3. The second-order valence-corrected chi connectivity index (χ2v) is 2.71. The molecule has 0 bridgehead atoms. The van der Waals surface area contributed by atoms with Gasteiger partial charge in [0.05, 0.1) is 24.9 Å². The van der Waals surface area contributed by atoms with E-state index in [9.17, 15) is 5.11 Å². The molecule has 5 N–H and O–H groups in total. The molecular formula is C6H13NO4. The summed E-state index contributed by atoms with van der Waals surface area (Å²) in [5.41, 5.74) is 5.33. The van der Waals surface area contributed by atoms with Gasteiger partial charge in [0.1, 0.15) is 0 Å². The molecule has 66 valence electrons. The molecule has 0 saturated carbocycles. The first kappa shape index (κ1) is 8.89. The molecule has 11 heavy (non-hydrogen) atoms. The molecule has 0 aromatic heterocycles. The first-order chi connectivity index (χ1) is 5.15. The zero-order valence-corrected chi connectivity index (χ0v) is 6.05. The lowest BCUT2D eigenvalue weighted by Gasteiger charge is -2.34. The van der Waals surface area contributed by atoms with Crippen LogP contribution in [0.5, 0.6) is 0 Å². The van der Waals surface area contributed by atoms with E-state index in [1.54, 1.807) is 0 Å². The molecule has 1 aliphatic heterocycles. The molecule has 0 unspecified atom stereocenters. The molecule has 0 spiro atoms. The molecule has 0 aromatic carbocycles. The Kier molecular flexibility index (Phi) is 2.80. The fourth-order valence-corrected chi connectivity index (χ4v) is 1.08. The van der Waals surface area contributed by atoms with Gasteiger partial charge in [0.2, 0.25) is 0 Å². The molecule has 5 nitrogen and oxygen atoms in total. The molecule has 4 atom stereocenters. The van der Waals surface area contributed by atoms with Crippen molar-refractivity contribution in [3.05, 3.63) is 0 Å². The Bertz CT molecular complexity index is 120. The summed E-state index contributed by atoms with van der Waals surface area (Å²) in [4.78, 5) is 0. The lowest BCUT2D eigenvalue weighted by atomic mass is 10.0. The standard InChI is InChI=1S/C6H13NO4/c7-5-4(9)1-3(2-8)11-6(5)10/h3-6,8-10H,1-2,7H2/t3-,4+,5-,6-/m0/s1. The zero-order chi connectivity index (χ0) is 8.43. The summed E-state index contributed by atoms with van der Waals surface area (Å²) in [6.07, 6.45) is -2.19. The maximum atomic E-state index is 9.17. The van der Waals surface area contributed by atoms with Crippen LogP contribution in [0.4, 0.5) is 0 Å². The molecule has 1 aliphatic rings. The van der Waals surface area contributed by atoms with Gasteiger partial charge in [0, 0.05) is 6.42 Å². The van der Waals surface area contributed by atoms with Crippen molar-refractivity contribution >= 4 is 0 Å². The summed E-state index contributed by atoms with van der Waals surface area (Å²) >= 11 is 0. The third-order valence-corrected chi connectivity index (χ3v) is 1.81. The maximum absolute atomic E-state index is 9.17. The highest BCUT2D eigenvalue weighted by Crippen LogP contribution is 2.16. The molecule has 1 saturated heterocycles. The molecular weight excluding hydrogens is 150 g/mol. The Morgan fingerprint density at radius 1 is 1.45 bits per heavy atom. The smallest absolute Gasteiger partial charge is 0.172 e. The summed E-state index contributed by atoms with van der Waals surface area (Å²) in [6, 6.07) is -0.766. The van der Waals surface area contributed by atoms with E-state index in [0.29, 0.717) is 0 Å². The van der Waals surface area contributed by atoms with Crippen LogP contribution in [0.2, 0.25) is 0 Å². The summed E-state index contributed by atoms with van der Waals surface area (Å²) in [5.74, 6) is 0. The number of ether oxygens (including phenoxy) is 1. The Morgan fingerprint density at radius 3 is 2.55 bits per heavy atom. The summed E-state index contributed by atoms with van der Waals surface area (Å²) in [5, 5.41) is 26.8. The molecule has 0 aromatic rings. The Hall–Kier alpha value is -0.200. The van der Waals surface area contributed by atoms with Crippen LogP contribution < -0.4 is 5.73 Å². The average Bonchev–Trinajstić information content (AvgIpc) is 1.99. The van der Waals surface area contributed by atoms with Crippen molar-refractivity contribution in [1.29, 1.82) is 0 Å². The van der Waals surface area contributed by atoms with Crippen molar-refractivity contribution in [1.82, 2.24) is 0 Å². The topological polar surface area (TPSA) is 95.9 Å². The third kappa shape index (κ3) is 1.88. The van der Waals surface area contributed by atoms with E-state index in [1.165, 1.54) is 0 Å². The minimum atomic E-state index is -1.17. The Morgan fingerprint density at radius 2 is 2.09 bits per heavy atom. The van der Waals surface area contributed by atoms with Gasteiger partial charge in [-0.15, -0.1) is 0 Å². The number of nitrogens with two attached hydrogens (primary N) is 1. The number of aliphatic hydroxyl groups excluding tert-OH is 3. The van der Waals surface area contributed by atoms with E-state index in [2.05, 4.69) is 0 Å². The zero-order valence-electron chi connectivity index (χ0n) is 6.05. The van der Waals surface area contributed by atoms with Gasteiger partial charge in [-0.2, -0.15) is 0 Å². The molecule has 0 amide bonds. The van der Waals surface area contributed by atoms with E-state index in [1.807, 2.05) is 0 Å². The van der Waals surface area contributed by atoms with Gasteiger partial charge in [-0.1, -0.05) is 0 Å². The molecule has 1 fully saturated rings. The number of hydrogen-bond acceptors (Lipinski definition) is 5. The summed E-state index contributed by atoms with van der Waals surface area (Å²) in [7, 11) is 0. The minimum absolute atomic E-state index is 0.208. The van der Waals surface area contributed by atoms with Crippen molar-refractivity contribution in [2.75, 3.05) is 6.61 Å². The minimum Gasteiger partial charge on any atom is -0.394 e. The third-order valence-electron chi connectivity index (χ3n) is 1.81. The Balaban J connectivity index is 2.47. The highest BCUT2D eigenvalue weighted by Gasteiger charge is 2.33. The molecule has 0 aliphatic carbocycles. The maximum Gasteiger partial charge on any atom is 0.172 e. The quantitative estimate of drug-likeness (QED) is 0.351. The van der Waals surface area contributed by atoms with E-state index in [-0.39, 0.29) is 13.0 Å². The van der Waals surface area contributed by atoms with Crippen LogP contribution >= 0.6 is 0 Å². The predicted octanol–water partition coefficient (Wildman–Crippen LogP) is -2.23. The van der Waals surface area contributed by atoms with Crippen LogP contribution in [0.25, 0.3) is 0 Å². The van der Waals surface area contributed by atoms with Crippen LogP contribution in [0.1, 0.15) is 6.42 Å². The Labute approximate surface area is 64.4 Å². The normalized spacial score (nSPS) is 45.8. The largest absolute Gasteiger partial charge is 0.394 e. The average molecular weight is 163 g/mol. The van der Waals surface area contributed by atoms with Gasteiger partial charge >= 0.3 is 0 Å². The van der Waals surface area contributed by atoms with Crippen molar-refractivity contribution in [2.24, 2.45) is 5.73 Å². The van der Waals surface area contributed by atoms with Gasteiger partial charge in [-0.3, -0.25) is 0 Å². The molecule has 5 heteroatoms. The summed E-state index contributed by atoms with van der Waals surface area (Å²) < 4.78 is 4.84. The van der Waals surface area contributed by atoms with E-state index in [0.717, 1.165) is 0 Å². The van der Waals surface area contributed by atoms with Crippen molar-refractivity contribution in [3.8, 4) is 0 Å². The van der Waals surface area contributed by atoms with Crippen LogP contribution in [-0.4, -0.2) is 46.5 Å². The van der Waals surface area contributed by atoms with Gasteiger partial charge in [-0.05, 0) is 0 Å². The highest BCUT2D eigenvalue weighted by atomic mass is 16.6. The molecule has 1 heterocycles. The first-order valence-corrected chi connectivity index (χ1v) is 3.53. The second-order valence-electron chi connectivity index (χ2n) is 2.71. The monoisotopic (exact) mass is 163 g/mol. The highest BCUT2D eigenvalue weighted by molar-refractivity contribution is 4.82. The lowest BCUT2D eigenvalue weighted by Crippen LogP contribution is -2.53. The van der Waals surface area contributed by atoms with Crippen LogP contribution in [0.3, 0.4) is 0 Å². The fraction of sp³-hybridized carbons (Fsp3) is 1.00. The molecule has 1 rings (SSSR count). The van der Waals surface area contributed by atoms with Gasteiger partial charge in [0.15, 0.2) is 6.29 Å². The van der Waals surface area contributed by atoms with Gasteiger partial charge < -0.3 is 25.8 Å². The number of rotatable bonds is 1. The fourth-order valence-electron chi connectivity index (χ4n) is 1.08.